The van der Waals surface area contributed by atoms with Crippen LogP contribution >= 0.6 is 0 Å². The summed E-state index contributed by atoms with van der Waals surface area (Å²) in [6.45, 7) is 4.07. The van der Waals surface area contributed by atoms with E-state index in [0.717, 1.165) is 17.7 Å². The maximum absolute atomic E-state index is 13.6. The molecule has 0 aliphatic heterocycles. The van der Waals surface area contributed by atoms with Gasteiger partial charge in [0, 0.05) is 18.2 Å². The van der Waals surface area contributed by atoms with E-state index in [1.165, 1.54) is 12.1 Å². The normalized spacial score (nSPS) is 12.4. The van der Waals surface area contributed by atoms with Crippen LogP contribution in [0.25, 0.3) is 0 Å². The highest BCUT2D eigenvalue weighted by Gasteiger charge is 2.07. The summed E-state index contributed by atoms with van der Waals surface area (Å²) in [5.74, 6) is 0.755. The fourth-order valence-electron chi connectivity index (χ4n) is 1.91. The third-order valence-corrected chi connectivity index (χ3v) is 3.01. The number of halogens is 1. The second-order valence-corrected chi connectivity index (χ2v) is 4.89. The summed E-state index contributed by atoms with van der Waals surface area (Å²) in [4.78, 5) is 0. The van der Waals surface area contributed by atoms with Crippen LogP contribution in [0.15, 0.2) is 28.8 Å². The van der Waals surface area contributed by atoms with Crippen molar-refractivity contribution >= 4 is 0 Å². The van der Waals surface area contributed by atoms with Gasteiger partial charge in [0.05, 0.1) is 5.69 Å². The van der Waals surface area contributed by atoms with Gasteiger partial charge in [0.1, 0.15) is 18.2 Å². The van der Waals surface area contributed by atoms with Crippen molar-refractivity contribution < 1.29 is 13.7 Å². The Kier molecular flexibility index (Phi) is 4.74. The van der Waals surface area contributed by atoms with Crippen molar-refractivity contribution in [3.8, 4) is 5.75 Å². The monoisotopic (exact) mass is 278 g/mol. The molecule has 0 aliphatic rings. The number of hydrogen-bond donors (Lipinski definition) is 1. The van der Waals surface area contributed by atoms with Gasteiger partial charge in [0.15, 0.2) is 5.76 Å². The number of hydrogen-bond acceptors (Lipinski definition) is 4. The second-order valence-electron chi connectivity index (χ2n) is 4.89. The molecule has 0 saturated heterocycles. The minimum Gasteiger partial charge on any atom is -0.485 e. The summed E-state index contributed by atoms with van der Waals surface area (Å²) in [5.41, 5.74) is 7.51. The first-order chi connectivity index (χ1) is 9.56. The summed E-state index contributed by atoms with van der Waals surface area (Å²) in [7, 11) is 0. The molecule has 2 N–H and O–H groups in total. The molecule has 0 radical (unpaired) electrons. The predicted molar refractivity (Wildman–Crippen MR) is 73.9 cm³/mol. The lowest BCUT2D eigenvalue weighted by atomic mass is 10.0. The van der Waals surface area contributed by atoms with Crippen LogP contribution in [-0.2, 0) is 13.0 Å². The third kappa shape index (κ3) is 4.06. The molecule has 1 atom stereocenters. The molecule has 1 aromatic heterocycles. The van der Waals surface area contributed by atoms with Crippen LogP contribution in [0.3, 0.4) is 0 Å². The lowest BCUT2D eigenvalue weighted by Crippen LogP contribution is -2.21. The Labute approximate surface area is 117 Å². The SMILES string of the molecule is CCC(N)Cc1cc(F)cc(OCc2cc(C)no2)c1. The van der Waals surface area contributed by atoms with Gasteiger partial charge < -0.3 is 15.0 Å². The zero-order valence-electron chi connectivity index (χ0n) is 11.7. The summed E-state index contributed by atoms with van der Waals surface area (Å²) >= 11 is 0. The quantitative estimate of drug-likeness (QED) is 0.882. The molecule has 20 heavy (non-hydrogen) atoms. The van der Waals surface area contributed by atoms with Crippen molar-refractivity contribution in [2.75, 3.05) is 0 Å². The fraction of sp³-hybridized carbons (Fsp3) is 0.400. The molecule has 0 bridgehead atoms. The van der Waals surface area contributed by atoms with E-state index in [9.17, 15) is 4.39 Å². The Balaban J connectivity index is 2.03. The fourth-order valence-corrected chi connectivity index (χ4v) is 1.91. The van der Waals surface area contributed by atoms with E-state index in [1.54, 1.807) is 6.07 Å². The summed E-state index contributed by atoms with van der Waals surface area (Å²) in [6.07, 6.45) is 1.48. The molecule has 0 spiro atoms. The van der Waals surface area contributed by atoms with Crippen molar-refractivity contribution in [3.63, 3.8) is 0 Å². The number of rotatable bonds is 6. The van der Waals surface area contributed by atoms with E-state index >= 15 is 0 Å². The van der Waals surface area contributed by atoms with E-state index in [2.05, 4.69) is 5.16 Å². The molecule has 5 heteroatoms. The molecule has 4 nitrogen and oxygen atoms in total. The first kappa shape index (κ1) is 14.5. The van der Waals surface area contributed by atoms with Crippen LogP contribution in [-0.4, -0.2) is 11.2 Å². The molecule has 2 rings (SSSR count). The van der Waals surface area contributed by atoms with Crippen molar-refractivity contribution in [1.82, 2.24) is 5.16 Å². The number of aromatic nitrogens is 1. The van der Waals surface area contributed by atoms with E-state index in [4.69, 9.17) is 15.0 Å². The molecule has 1 heterocycles. The number of nitrogens with zero attached hydrogens (tertiary/aromatic N) is 1. The molecule has 1 unspecified atom stereocenters. The smallest absolute Gasteiger partial charge is 0.174 e. The first-order valence-electron chi connectivity index (χ1n) is 6.67. The van der Waals surface area contributed by atoms with E-state index < -0.39 is 0 Å². The second kappa shape index (κ2) is 6.52. The van der Waals surface area contributed by atoms with Crippen molar-refractivity contribution in [2.24, 2.45) is 5.73 Å². The van der Waals surface area contributed by atoms with Gasteiger partial charge in [-0.3, -0.25) is 0 Å². The largest absolute Gasteiger partial charge is 0.485 e. The van der Waals surface area contributed by atoms with Crippen LogP contribution in [0.1, 0.15) is 30.4 Å². The lowest BCUT2D eigenvalue weighted by Gasteiger charge is -2.11. The van der Waals surface area contributed by atoms with Gasteiger partial charge in [-0.1, -0.05) is 12.1 Å². The highest BCUT2D eigenvalue weighted by atomic mass is 19.1. The number of benzene rings is 1. The van der Waals surface area contributed by atoms with Crippen LogP contribution < -0.4 is 10.5 Å². The van der Waals surface area contributed by atoms with Gasteiger partial charge in [-0.25, -0.2) is 4.39 Å². The summed E-state index contributed by atoms with van der Waals surface area (Å²) in [6, 6.07) is 6.46. The Hall–Kier alpha value is -1.88. The molecule has 0 aliphatic carbocycles. The minimum atomic E-state index is -0.324. The zero-order chi connectivity index (χ0) is 14.5. The highest BCUT2D eigenvalue weighted by molar-refractivity contribution is 5.30. The molecular weight excluding hydrogens is 259 g/mol. The molecule has 0 amide bonds. The Morgan fingerprint density at radius 3 is 2.80 bits per heavy atom. The van der Waals surface area contributed by atoms with Crippen molar-refractivity contribution in [1.29, 1.82) is 0 Å². The molecule has 0 saturated carbocycles. The van der Waals surface area contributed by atoms with Gasteiger partial charge in [0.25, 0.3) is 0 Å². The van der Waals surface area contributed by atoms with Crippen molar-refractivity contribution in [2.45, 2.75) is 39.3 Å². The van der Waals surface area contributed by atoms with Crippen LogP contribution in [0.4, 0.5) is 4.39 Å². The Morgan fingerprint density at radius 1 is 1.35 bits per heavy atom. The third-order valence-electron chi connectivity index (χ3n) is 3.01. The number of nitrogens with two attached hydrogens (primary N) is 1. The van der Waals surface area contributed by atoms with E-state index in [1.807, 2.05) is 19.9 Å². The van der Waals surface area contributed by atoms with Gasteiger partial charge in [-0.2, -0.15) is 0 Å². The standard InChI is InChI=1S/C15H19FN2O2/c1-3-13(17)6-11-5-12(16)8-14(7-11)19-9-15-4-10(2)18-20-15/h4-5,7-8,13H,3,6,9,17H2,1-2H3. The summed E-state index contributed by atoms with van der Waals surface area (Å²) < 4.78 is 24.1. The number of aryl methyl sites for hydroxylation is 1. The molecule has 0 fully saturated rings. The zero-order valence-corrected chi connectivity index (χ0v) is 11.7. The van der Waals surface area contributed by atoms with E-state index in [-0.39, 0.29) is 18.5 Å². The average Bonchev–Trinajstić information content (AvgIpc) is 2.81. The van der Waals surface area contributed by atoms with Gasteiger partial charge in [0.2, 0.25) is 0 Å². The molecule has 108 valence electrons. The molecular formula is C15H19FN2O2. The van der Waals surface area contributed by atoms with Crippen LogP contribution in [0.5, 0.6) is 5.75 Å². The number of ether oxygens (including phenoxy) is 1. The molecule has 2 aromatic rings. The van der Waals surface area contributed by atoms with Crippen molar-refractivity contribution in [3.05, 3.63) is 47.1 Å². The van der Waals surface area contributed by atoms with Gasteiger partial charge >= 0.3 is 0 Å². The first-order valence-corrected chi connectivity index (χ1v) is 6.67. The van der Waals surface area contributed by atoms with Crippen LogP contribution in [0.2, 0.25) is 0 Å². The summed E-state index contributed by atoms with van der Waals surface area (Å²) in [5, 5.41) is 3.77. The predicted octanol–water partition coefficient (Wildman–Crippen LogP) is 2.98. The highest BCUT2D eigenvalue weighted by Crippen LogP contribution is 2.19. The lowest BCUT2D eigenvalue weighted by molar-refractivity contribution is 0.247. The maximum atomic E-state index is 13.6. The topological polar surface area (TPSA) is 61.3 Å². The Bertz CT molecular complexity index is 569. The maximum Gasteiger partial charge on any atom is 0.174 e. The van der Waals surface area contributed by atoms with E-state index in [0.29, 0.717) is 17.9 Å². The Morgan fingerprint density at radius 2 is 2.15 bits per heavy atom. The average molecular weight is 278 g/mol. The molecule has 1 aromatic carbocycles. The van der Waals surface area contributed by atoms with Gasteiger partial charge in [-0.15, -0.1) is 0 Å². The van der Waals surface area contributed by atoms with Crippen LogP contribution in [0, 0.1) is 12.7 Å². The van der Waals surface area contributed by atoms with Gasteiger partial charge in [-0.05, 0) is 37.5 Å². The minimum absolute atomic E-state index is 0.0292.